The van der Waals surface area contributed by atoms with E-state index in [0.717, 1.165) is 6.42 Å². The number of amides is 3. The Hall–Kier alpha value is -2.08. The molecule has 1 rings (SSSR count). The summed E-state index contributed by atoms with van der Waals surface area (Å²) in [5.41, 5.74) is 0.245. The molecule has 4 N–H and O–H groups in total. The second-order valence-corrected chi connectivity index (χ2v) is 6.50. The number of anilines is 2. The molecule has 0 aromatic heterocycles. The third kappa shape index (κ3) is 8.21. The fraction of sp³-hybridized carbons (Fsp3) is 0.529. The van der Waals surface area contributed by atoms with Crippen molar-refractivity contribution in [3.8, 4) is 0 Å². The lowest BCUT2D eigenvalue weighted by atomic mass is 9.95. The second-order valence-electron chi connectivity index (χ2n) is 6.50. The molecule has 0 spiro atoms. The van der Waals surface area contributed by atoms with Gasteiger partial charge in [0, 0.05) is 24.8 Å². The van der Waals surface area contributed by atoms with Gasteiger partial charge < -0.3 is 21.1 Å². The molecular formula is C17H27N3O3. The first kappa shape index (κ1) is 19.0. The van der Waals surface area contributed by atoms with E-state index >= 15 is 0 Å². The van der Waals surface area contributed by atoms with Crippen molar-refractivity contribution in [1.29, 1.82) is 0 Å². The minimum absolute atomic E-state index is 0.173. The highest BCUT2D eigenvalue weighted by Gasteiger charge is 2.21. The number of carbonyl (C=O) groups is 2. The van der Waals surface area contributed by atoms with E-state index < -0.39 is 11.6 Å². The van der Waals surface area contributed by atoms with E-state index in [0.29, 0.717) is 23.7 Å². The van der Waals surface area contributed by atoms with Crippen LogP contribution in [0.2, 0.25) is 0 Å². The minimum Gasteiger partial charge on any atom is -0.388 e. The van der Waals surface area contributed by atoms with Crippen molar-refractivity contribution >= 4 is 23.3 Å². The van der Waals surface area contributed by atoms with Gasteiger partial charge in [-0.15, -0.1) is 0 Å². The van der Waals surface area contributed by atoms with Crippen molar-refractivity contribution in [2.75, 3.05) is 17.2 Å². The molecule has 0 aliphatic carbocycles. The quantitative estimate of drug-likeness (QED) is 0.622. The van der Waals surface area contributed by atoms with E-state index in [1.54, 1.807) is 31.2 Å². The van der Waals surface area contributed by atoms with Gasteiger partial charge in [-0.3, -0.25) is 4.79 Å². The third-order valence-corrected chi connectivity index (χ3v) is 3.33. The maximum absolute atomic E-state index is 11.9. The molecule has 0 aliphatic rings. The Kier molecular flexibility index (Phi) is 7.03. The molecule has 6 nitrogen and oxygen atoms in total. The number of hydrogen-bond acceptors (Lipinski definition) is 3. The molecule has 1 aromatic rings. The number of nitrogens with one attached hydrogen (secondary N) is 3. The zero-order chi connectivity index (χ0) is 17.5. The van der Waals surface area contributed by atoms with Crippen LogP contribution in [0.5, 0.6) is 0 Å². The smallest absolute Gasteiger partial charge is 0.319 e. The number of benzene rings is 1. The molecule has 0 fully saturated rings. The Morgan fingerprint density at radius 1 is 1.22 bits per heavy atom. The molecule has 0 aliphatic heterocycles. The average Bonchev–Trinajstić information content (AvgIpc) is 2.43. The largest absolute Gasteiger partial charge is 0.388 e. The van der Waals surface area contributed by atoms with Gasteiger partial charge >= 0.3 is 6.03 Å². The standard InChI is InChI=1S/C17H27N3O3/c1-12(2)8-9-17(4,23)11-18-16(22)20-15-7-5-6-14(10-15)19-13(3)21/h5-7,10,12,23H,8-9,11H2,1-4H3,(H,19,21)(H2,18,20,22)/t17-/m1/s1. The van der Waals surface area contributed by atoms with Gasteiger partial charge in [-0.1, -0.05) is 19.9 Å². The Morgan fingerprint density at radius 2 is 1.83 bits per heavy atom. The van der Waals surface area contributed by atoms with Crippen molar-refractivity contribution in [1.82, 2.24) is 5.32 Å². The van der Waals surface area contributed by atoms with Crippen LogP contribution in [0, 0.1) is 5.92 Å². The van der Waals surface area contributed by atoms with Crippen LogP contribution in [0.25, 0.3) is 0 Å². The average molecular weight is 321 g/mol. The first-order valence-corrected chi connectivity index (χ1v) is 7.83. The maximum Gasteiger partial charge on any atom is 0.319 e. The van der Waals surface area contributed by atoms with E-state index in [4.69, 9.17) is 0 Å². The summed E-state index contributed by atoms with van der Waals surface area (Å²) >= 11 is 0. The summed E-state index contributed by atoms with van der Waals surface area (Å²) in [5.74, 6) is 0.333. The zero-order valence-electron chi connectivity index (χ0n) is 14.3. The predicted octanol–water partition coefficient (Wildman–Crippen LogP) is 2.95. The molecule has 1 atom stereocenters. The molecule has 0 bridgehead atoms. The van der Waals surface area contributed by atoms with E-state index in [2.05, 4.69) is 29.8 Å². The van der Waals surface area contributed by atoms with Crippen molar-refractivity contribution in [2.24, 2.45) is 5.92 Å². The number of hydrogen-bond donors (Lipinski definition) is 4. The van der Waals surface area contributed by atoms with Crippen molar-refractivity contribution < 1.29 is 14.7 Å². The summed E-state index contributed by atoms with van der Waals surface area (Å²) in [6, 6.07) is 6.47. The van der Waals surface area contributed by atoms with Crippen LogP contribution < -0.4 is 16.0 Å². The molecule has 0 saturated heterocycles. The van der Waals surface area contributed by atoms with Gasteiger partial charge in [0.25, 0.3) is 0 Å². The van der Waals surface area contributed by atoms with E-state index in [9.17, 15) is 14.7 Å². The lowest BCUT2D eigenvalue weighted by Gasteiger charge is -2.24. The number of aliphatic hydroxyl groups is 1. The summed E-state index contributed by atoms with van der Waals surface area (Å²) in [6.07, 6.45) is 1.53. The van der Waals surface area contributed by atoms with Gasteiger partial charge in [0.05, 0.1) is 5.60 Å². The Morgan fingerprint density at radius 3 is 2.39 bits per heavy atom. The van der Waals surface area contributed by atoms with Crippen LogP contribution in [0.3, 0.4) is 0 Å². The van der Waals surface area contributed by atoms with Crippen LogP contribution in [0.1, 0.15) is 40.5 Å². The Balaban J connectivity index is 2.49. The molecule has 0 saturated carbocycles. The lowest BCUT2D eigenvalue weighted by molar-refractivity contribution is -0.114. The van der Waals surface area contributed by atoms with Gasteiger partial charge in [-0.05, 0) is 43.9 Å². The third-order valence-electron chi connectivity index (χ3n) is 3.33. The predicted molar refractivity (Wildman–Crippen MR) is 92.5 cm³/mol. The summed E-state index contributed by atoms with van der Waals surface area (Å²) in [7, 11) is 0. The van der Waals surface area contributed by atoms with Crippen molar-refractivity contribution in [2.45, 2.75) is 46.1 Å². The summed E-state index contributed by atoms with van der Waals surface area (Å²) in [6.45, 7) is 7.51. The molecule has 1 aromatic carbocycles. The molecule has 0 heterocycles. The maximum atomic E-state index is 11.9. The highest BCUT2D eigenvalue weighted by atomic mass is 16.3. The molecule has 6 heteroatoms. The Bertz CT molecular complexity index is 542. The SMILES string of the molecule is CC(=O)Nc1cccc(NC(=O)NC[C@](C)(O)CCC(C)C)c1. The van der Waals surface area contributed by atoms with Crippen molar-refractivity contribution in [3.05, 3.63) is 24.3 Å². The van der Waals surface area contributed by atoms with Crippen molar-refractivity contribution in [3.63, 3.8) is 0 Å². The fourth-order valence-corrected chi connectivity index (χ4v) is 2.01. The monoisotopic (exact) mass is 321 g/mol. The fourth-order valence-electron chi connectivity index (χ4n) is 2.01. The molecule has 128 valence electrons. The normalized spacial score (nSPS) is 13.3. The van der Waals surface area contributed by atoms with Gasteiger partial charge in [0.15, 0.2) is 0 Å². The second kappa shape index (κ2) is 8.53. The minimum atomic E-state index is -0.931. The van der Waals surface area contributed by atoms with Crippen LogP contribution in [-0.2, 0) is 4.79 Å². The number of rotatable bonds is 7. The van der Waals surface area contributed by atoms with E-state index in [-0.39, 0.29) is 12.5 Å². The molecule has 23 heavy (non-hydrogen) atoms. The van der Waals surface area contributed by atoms with E-state index in [1.165, 1.54) is 6.92 Å². The van der Waals surface area contributed by atoms with Crippen LogP contribution >= 0.6 is 0 Å². The summed E-state index contributed by atoms with van der Waals surface area (Å²) < 4.78 is 0. The van der Waals surface area contributed by atoms with Gasteiger partial charge in [-0.2, -0.15) is 0 Å². The first-order chi connectivity index (χ1) is 10.7. The van der Waals surface area contributed by atoms with Gasteiger partial charge in [0.2, 0.25) is 5.91 Å². The zero-order valence-corrected chi connectivity index (χ0v) is 14.3. The van der Waals surface area contributed by atoms with Crippen LogP contribution in [0.15, 0.2) is 24.3 Å². The topological polar surface area (TPSA) is 90.5 Å². The molecule has 0 unspecified atom stereocenters. The molecular weight excluding hydrogens is 294 g/mol. The molecule has 3 amide bonds. The van der Waals surface area contributed by atoms with Crippen LogP contribution in [0.4, 0.5) is 16.2 Å². The van der Waals surface area contributed by atoms with Crippen LogP contribution in [-0.4, -0.2) is 29.2 Å². The summed E-state index contributed by atoms with van der Waals surface area (Å²) in [5, 5.41) is 18.2. The number of urea groups is 1. The van der Waals surface area contributed by atoms with E-state index in [1.807, 2.05) is 0 Å². The first-order valence-electron chi connectivity index (χ1n) is 7.83. The van der Waals surface area contributed by atoms with Gasteiger partial charge in [0.1, 0.15) is 0 Å². The highest BCUT2D eigenvalue weighted by molar-refractivity contribution is 5.92. The number of carbonyl (C=O) groups excluding carboxylic acids is 2. The summed E-state index contributed by atoms with van der Waals surface area (Å²) in [4.78, 5) is 22.9. The van der Waals surface area contributed by atoms with Gasteiger partial charge in [-0.25, -0.2) is 4.79 Å². The molecule has 0 radical (unpaired) electrons. The highest BCUT2D eigenvalue weighted by Crippen LogP contribution is 2.16. The Labute approximate surface area is 137 Å². The lowest BCUT2D eigenvalue weighted by Crippen LogP contribution is -2.42.